The van der Waals surface area contributed by atoms with E-state index in [0.29, 0.717) is 5.56 Å². The molecule has 6 heteroatoms. The van der Waals surface area contributed by atoms with Crippen molar-refractivity contribution in [2.24, 2.45) is 0 Å². The minimum Gasteiger partial charge on any atom is -0.323 e. The van der Waals surface area contributed by atoms with Crippen molar-refractivity contribution in [3.05, 3.63) is 47.9 Å². The van der Waals surface area contributed by atoms with E-state index in [2.05, 4.69) is 26.8 Å². The van der Waals surface area contributed by atoms with Crippen LogP contribution in [0.1, 0.15) is 26.3 Å². The largest absolute Gasteiger partial charge is 2.00 e. The van der Waals surface area contributed by atoms with Gasteiger partial charge in [0.25, 0.3) is 0 Å². The Morgan fingerprint density at radius 3 is 2.25 bits per heavy atom. The first-order valence-corrected chi connectivity index (χ1v) is 7.53. The first-order chi connectivity index (χ1) is 8.70. The molecule has 0 aliphatic heterocycles. The first-order valence-electron chi connectivity index (χ1n) is 5.64. The molecule has 1 amide bonds. The molecule has 0 aliphatic carbocycles. The van der Waals surface area contributed by atoms with E-state index in [9.17, 15) is 13.2 Å². The molecule has 0 saturated heterocycles. The fourth-order valence-corrected chi connectivity index (χ4v) is 1.33. The van der Waals surface area contributed by atoms with Crippen molar-refractivity contribution in [3.63, 3.8) is 0 Å². The second-order valence-corrected chi connectivity index (χ2v) is 6.14. The van der Waals surface area contributed by atoms with Crippen LogP contribution in [0.5, 0.6) is 0 Å². The van der Waals surface area contributed by atoms with Crippen molar-refractivity contribution in [3.8, 4) is 0 Å². The molecule has 0 spiro atoms. The average molecular weight is 465 g/mol. The van der Waals surface area contributed by atoms with Crippen LogP contribution in [-0.2, 0) is 35.9 Å². The molecule has 0 heterocycles. The zero-order valence-corrected chi connectivity index (χ0v) is 15.8. The minimum atomic E-state index is -3.49. The van der Waals surface area contributed by atoms with E-state index in [1.54, 1.807) is 24.3 Å². The maximum absolute atomic E-state index is 11.0. The van der Waals surface area contributed by atoms with Gasteiger partial charge in [-0.3, -0.25) is 9.52 Å². The maximum Gasteiger partial charge on any atom is 2.00 e. The Morgan fingerprint density at radius 2 is 1.85 bits per heavy atom. The van der Waals surface area contributed by atoms with Crippen molar-refractivity contribution in [1.82, 2.24) is 4.72 Å². The van der Waals surface area contributed by atoms with Gasteiger partial charge in [-0.15, -0.1) is 36.4 Å². The Bertz CT molecular complexity index is 508. The number of hydrogen-bond acceptors (Lipinski definition) is 3. The summed E-state index contributed by atoms with van der Waals surface area (Å²) in [5, 5.41) is 0. The van der Waals surface area contributed by atoms with Crippen molar-refractivity contribution < 1.29 is 34.3 Å². The molecular formula is C14H19NO3SW. The molecule has 1 rings (SSSR count). The van der Waals surface area contributed by atoms with E-state index in [0.717, 1.165) is 12.3 Å². The fourth-order valence-electron chi connectivity index (χ4n) is 0.893. The Balaban J connectivity index is 0. The summed E-state index contributed by atoms with van der Waals surface area (Å²) in [7, 11) is -3.49. The van der Waals surface area contributed by atoms with Crippen LogP contribution in [0.4, 0.5) is 0 Å². The van der Waals surface area contributed by atoms with Gasteiger partial charge in [0.05, 0.1) is 6.26 Å². The summed E-state index contributed by atoms with van der Waals surface area (Å²) in [6.45, 7) is 6.25. The third-order valence-corrected chi connectivity index (χ3v) is 2.01. The molecule has 0 aromatic heterocycles. The summed E-state index contributed by atoms with van der Waals surface area (Å²) in [6.07, 6.45) is 3.56. The predicted octanol–water partition coefficient (Wildman–Crippen LogP) is 2.19. The second-order valence-electron chi connectivity index (χ2n) is 4.39. The molecule has 110 valence electrons. The second kappa shape index (κ2) is 10.8. The van der Waals surface area contributed by atoms with Gasteiger partial charge in [0.15, 0.2) is 0 Å². The number of carbonyl (C=O) groups is 1. The quantitative estimate of drug-likeness (QED) is 0.550. The van der Waals surface area contributed by atoms with Crippen LogP contribution in [0, 0.1) is 12.0 Å². The number of carbonyl (C=O) groups excluding carboxylic acids is 1. The molecule has 0 atom stereocenters. The fraction of sp³-hybridized carbons (Fsp3) is 0.286. The van der Waals surface area contributed by atoms with Crippen molar-refractivity contribution in [1.29, 1.82) is 0 Å². The van der Waals surface area contributed by atoms with Gasteiger partial charge in [-0.25, -0.2) is 8.42 Å². The number of sulfonamides is 1. The molecule has 20 heavy (non-hydrogen) atoms. The number of amides is 1. The Labute approximate surface area is 136 Å². The van der Waals surface area contributed by atoms with E-state index in [4.69, 9.17) is 0 Å². The van der Waals surface area contributed by atoms with Crippen LogP contribution in [0.25, 0.3) is 6.08 Å². The Morgan fingerprint density at radius 1 is 1.30 bits per heavy atom. The molecule has 4 nitrogen and oxygen atoms in total. The van der Waals surface area contributed by atoms with E-state index >= 15 is 0 Å². The monoisotopic (exact) mass is 465 g/mol. The molecule has 1 N–H and O–H groups in total. The molecule has 0 saturated carbocycles. The van der Waals surface area contributed by atoms with Gasteiger partial charge in [0.2, 0.25) is 15.9 Å². The van der Waals surface area contributed by atoms with Gasteiger partial charge in [-0.05, 0) is 6.08 Å². The molecule has 1 aromatic rings. The summed E-state index contributed by atoms with van der Waals surface area (Å²) in [5.74, 6) is 0.745. The van der Waals surface area contributed by atoms with Crippen molar-refractivity contribution in [2.45, 2.75) is 20.8 Å². The summed E-state index contributed by atoms with van der Waals surface area (Å²) in [4.78, 5) is 11.0. The van der Waals surface area contributed by atoms with Crippen molar-refractivity contribution >= 4 is 22.0 Å². The summed E-state index contributed by atoms with van der Waals surface area (Å²) in [6, 6.07) is 9.92. The Hall–Kier alpha value is -0.932. The minimum absolute atomic E-state index is 0. The van der Waals surface area contributed by atoms with Gasteiger partial charge >= 0.3 is 21.1 Å². The molecule has 1 aromatic carbocycles. The number of rotatable bonds is 3. The summed E-state index contributed by atoms with van der Waals surface area (Å²) >= 11 is 0. The van der Waals surface area contributed by atoms with Crippen LogP contribution in [-0.4, -0.2) is 20.6 Å². The number of hydrogen-bond donors (Lipinski definition) is 1. The molecule has 0 aliphatic rings. The smallest absolute Gasteiger partial charge is 0.323 e. The van der Waals surface area contributed by atoms with Crippen LogP contribution in [0.15, 0.2) is 30.3 Å². The third-order valence-electron chi connectivity index (χ3n) is 1.43. The normalized spacial score (nSPS) is 10.4. The SMILES string of the molecule is CS(=O)(=O)NC(=O)/C=C/c1[c-]cccc1.C[C-](C)C.[W+2]. The van der Waals surface area contributed by atoms with Crippen LogP contribution in [0.2, 0.25) is 0 Å². The van der Waals surface area contributed by atoms with E-state index < -0.39 is 15.9 Å². The van der Waals surface area contributed by atoms with E-state index in [1.807, 2.05) is 4.72 Å². The summed E-state index contributed by atoms with van der Waals surface area (Å²) in [5.41, 5.74) is 0.709. The van der Waals surface area contributed by atoms with E-state index in [1.165, 1.54) is 12.0 Å². The number of nitrogens with one attached hydrogen (secondary N) is 1. The van der Waals surface area contributed by atoms with Gasteiger partial charge in [0.1, 0.15) is 0 Å². The number of benzene rings is 1. The predicted molar refractivity (Wildman–Crippen MR) is 77.6 cm³/mol. The van der Waals surface area contributed by atoms with Crippen LogP contribution in [0.3, 0.4) is 0 Å². The van der Waals surface area contributed by atoms with E-state index in [-0.39, 0.29) is 21.1 Å². The Kier molecular flexibility index (Phi) is 11.5. The molecule has 0 radical (unpaired) electrons. The van der Waals surface area contributed by atoms with Gasteiger partial charge < -0.3 is 5.92 Å². The zero-order valence-electron chi connectivity index (χ0n) is 12.0. The molecule has 0 fully saturated rings. The topological polar surface area (TPSA) is 63.2 Å². The van der Waals surface area contributed by atoms with Crippen LogP contribution >= 0.6 is 0 Å². The average Bonchev–Trinajstić information content (AvgIpc) is 2.25. The first kappa shape index (κ1) is 21.4. The summed E-state index contributed by atoms with van der Waals surface area (Å²) < 4.78 is 23.2. The van der Waals surface area contributed by atoms with Gasteiger partial charge in [-0.1, -0.05) is 0 Å². The molecule has 0 bridgehead atoms. The maximum atomic E-state index is 11.0. The molecular weight excluding hydrogens is 446 g/mol. The third kappa shape index (κ3) is 15.1. The van der Waals surface area contributed by atoms with Crippen molar-refractivity contribution in [2.75, 3.05) is 6.26 Å². The standard InChI is InChI=1S/C10H10NO3S.C4H9.W/c1-15(13,14)11-10(12)8-7-9-5-3-2-4-6-9;1-4(2)3;/h2-5,7-8H,1H3,(H,11,12);1-3H3;/q2*-1;+2/b8-7+;;. The van der Waals surface area contributed by atoms with Gasteiger partial charge in [-0.2, -0.15) is 26.3 Å². The van der Waals surface area contributed by atoms with Crippen LogP contribution < -0.4 is 4.72 Å². The molecule has 0 unspecified atom stereocenters. The zero-order chi connectivity index (χ0) is 14.9. The van der Waals surface area contributed by atoms with Gasteiger partial charge in [0, 0.05) is 0 Å².